The lowest BCUT2D eigenvalue weighted by Crippen LogP contribution is -2.48. The molecule has 0 unspecified atom stereocenters. The average molecular weight is 385 g/mol. The first-order valence-electron chi connectivity index (χ1n) is 8.69. The van der Waals surface area contributed by atoms with Gasteiger partial charge in [-0.05, 0) is 18.2 Å². The van der Waals surface area contributed by atoms with Crippen LogP contribution < -0.4 is 4.90 Å². The molecule has 0 bridgehead atoms. The number of rotatable bonds is 4. The highest BCUT2D eigenvalue weighted by molar-refractivity contribution is 6.31. The van der Waals surface area contributed by atoms with Crippen LogP contribution in [0.25, 0.3) is 0 Å². The van der Waals surface area contributed by atoms with Crippen molar-refractivity contribution in [2.24, 2.45) is 0 Å². The second kappa shape index (κ2) is 7.90. The van der Waals surface area contributed by atoms with Crippen LogP contribution in [0.1, 0.15) is 26.2 Å². The summed E-state index contributed by atoms with van der Waals surface area (Å²) in [6, 6.07) is 4.08. The molecule has 6 nitrogen and oxygen atoms in total. The first-order valence-corrected chi connectivity index (χ1v) is 9.07. The van der Waals surface area contributed by atoms with E-state index in [0.717, 1.165) is 0 Å². The molecular formula is C18H22ClFN2O4. The van der Waals surface area contributed by atoms with Gasteiger partial charge >= 0.3 is 0 Å². The standard InChI is InChI=1S/C18H22ClFN2O4/c1-13(23)22(14-2-3-16(20)15(19)12-14)7-4-17(24)21-8-5-18(6-9-21)25-10-11-26-18/h2-3,12H,4-11H2,1H3. The monoisotopic (exact) mass is 384 g/mol. The predicted molar refractivity (Wildman–Crippen MR) is 94.5 cm³/mol. The number of ether oxygens (including phenoxy) is 2. The van der Waals surface area contributed by atoms with Crippen LogP contribution in [-0.4, -0.2) is 55.3 Å². The third-order valence-electron chi connectivity index (χ3n) is 4.84. The number of carbonyl (C=O) groups excluding carboxylic acids is 2. The van der Waals surface area contributed by atoms with Gasteiger partial charge in [0, 0.05) is 51.5 Å². The maximum atomic E-state index is 13.3. The van der Waals surface area contributed by atoms with Gasteiger partial charge in [0.25, 0.3) is 0 Å². The van der Waals surface area contributed by atoms with E-state index >= 15 is 0 Å². The quantitative estimate of drug-likeness (QED) is 0.800. The van der Waals surface area contributed by atoms with Gasteiger partial charge in [-0.1, -0.05) is 11.6 Å². The minimum atomic E-state index is -0.548. The SMILES string of the molecule is CC(=O)N(CCC(=O)N1CCC2(CC1)OCCO2)c1ccc(F)c(Cl)c1. The van der Waals surface area contributed by atoms with Crippen LogP contribution in [-0.2, 0) is 19.1 Å². The number of anilines is 1. The lowest BCUT2D eigenvalue weighted by atomic mass is 10.0. The zero-order valence-corrected chi connectivity index (χ0v) is 15.4. The molecule has 2 amide bonds. The van der Waals surface area contributed by atoms with Crippen molar-refractivity contribution in [3.05, 3.63) is 29.0 Å². The van der Waals surface area contributed by atoms with Crippen LogP contribution in [0.3, 0.4) is 0 Å². The average Bonchev–Trinajstić information content (AvgIpc) is 3.06. The van der Waals surface area contributed by atoms with Crippen LogP contribution in [0.15, 0.2) is 18.2 Å². The zero-order chi connectivity index (χ0) is 18.7. The maximum Gasteiger partial charge on any atom is 0.224 e. The molecule has 0 atom stereocenters. The Morgan fingerprint density at radius 1 is 1.27 bits per heavy atom. The molecule has 0 saturated carbocycles. The minimum absolute atomic E-state index is 0.0303. The van der Waals surface area contributed by atoms with Crippen molar-refractivity contribution >= 4 is 29.1 Å². The molecule has 0 aromatic heterocycles. The normalized spacial score (nSPS) is 19.0. The number of benzene rings is 1. The van der Waals surface area contributed by atoms with E-state index in [-0.39, 0.29) is 29.8 Å². The molecule has 2 saturated heterocycles. The molecule has 8 heteroatoms. The first-order chi connectivity index (χ1) is 12.4. The third kappa shape index (κ3) is 4.16. The fourth-order valence-corrected chi connectivity index (χ4v) is 3.54. The van der Waals surface area contributed by atoms with Gasteiger partial charge < -0.3 is 19.3 Å². The van der Waals surface area contributed by atoms with Crippen LogP contribution in [0.4, 0.5) is 10.1 Å². The summed E-state index contributed by atoms with van der Waals surface area (Å²) in [7, 11) is 0. The Morgan fingerprint density at radius 3 is 2.50 bits per heavy atom. The second-order valence-electron chi connectivity index (χ2n) is 6.51. The van der Waals surface area contributed by atoms with Gasteiger partial charge in [0.1, 0.15) is 5.82 Å². The number of hydrogen-bond donors (Lipinski definition) is 0. The molecule has 2 heterocycles. The third-order valence-corrected chi connectivity index (χ3v) is 5.13. The van der Waals surface area contributed by atoms with Crippen molar-refractivity contribution in [3.8, 4) is 0 Å². The number of likely N-dealkylation sites (tertiary alicyclic amines) is 1. The molecule has 0 aliphatic carbocycles. The largest absolute Gasteiger partial charge is 0.347 e. The van der Waals surface area contributed by atoms with E-state index in [1.807, 2.05) is 0 Å². The highest BCUT2D eigenvalue weighted by atomic mass is 35.5. The Labute approximate surface area is 156 Å². The maximum absolute atomic E-state index is 13.3. The highest BCUT2D eigenvalue weighted by Crippen LogP contribution is 2.31. The Balaban J connectivity index is 1.56. The van der Waals surface area contributed by atoms with Gasteiger partial charge in [0.15, 0.2) is 5.79 Å². The number of nitrogens with zero attached hydrogens (tertiary/aromatic N) is 2. The van der Waals surface area contributed by atoms with Crippen LogP contribution >= 0.6 is 11.6 Å². The summed E-state index contributed by atoms with van der Waals surface area (Å²) in [5, 5.41) is -0.0574. The number of amides is 2. The molecule has 1 aromatic rings. The summed E-state index contributed by atoms with van der Waals surface area (Å²) in [5.74, 6) is -1.33. The summed E-state index contributed by atoms with van der Waals surface area (Å²) in [6.45, 7) is 3.96. The van der Waals surface area contributed by atoms with E-state index in [1.165, 1.54) is 30.0 Å². The van der Waals surface area contributed by atoms with Gasteiger partial charge in [0.05, 0.1) is 18.2 Å². The Kier molecular flexibility index (Phi) is 5.79. The molecule has 1 spiro atoms. The molecule has 2 fully saturated rings. The predicted octanol–water partition coefficient (Wildman–Crippen LogP) is 2.59. The van der Waals surface area contributed by atoms with Crippen molar-refractivity contribution in [2.75, 3.05) is 37.7 Å². The van der Waals surface area contributed by atoms with E-state index < -0.39 is 11.6 Å². The highest BCUT2D eigenvalue weighted by Gasteiger charge is 2.40. The van der Waals surface area contributed by atoms with Gasteiger partial charge in [-0.3, -0.25) is 9.59 Å². The lowest BCUT2D eigenvalue weighted by molar-refractivity contribution is -0.187. The molecule has 1 aromatic carbocycles. The van der Waals surface area contributed by atoms with E-state index in [9.17, 15) is 14.0 Å². The molecule has 142 valence electrons. The van der Waals surface area contributed by atoms with Crippen molar-refractivity contribution in [1.29, 1.82) is 0 Å². The Bertz CT molecular complexity index is 684. The van der Waals surface area contributed by atoms with Crippen LogP contribution in [0.2, 0.25) is 5.02 Å². The zero-order valence-electron chi connectivity index (χ0n) is 14.7. The van der Waals surface area contributed by atoms with Gasteiger partial charge in [-0.25, -0.2) is 4.39 Å². The number of carbonyl (C=O) groups is 2. The van der Waals surface area contributed by atoms with Crippen molar-refractivity contribution in [2.45, 2.75) is 32.0 Å². The molecule has 2 aliphatic rings. The Morgan fingerprint density at radius 2 is 1.92 bits per heavy atom. The molecule has 26 heavy (non-hydrogen) atoms. The second-order valence-corrected chi connectivity index (χ2v) is 6.91. The minimum Gasteiger partial charge on any atom is -0.347 e. The first kappa shape index (κ1) is 19.1. The fraction of sp³-hybridized carbons (Fsp3) is 0.556. The topological polar surface area (TPSA) is 59.1 Å². The lowest BCUT2D eigenvalue weighted by Gasteiger charge is -2.37. The van der Waals surface area contributed by atoms with E-state index in [2.05, 4.69) is 0 Å². The van der Waals surface area contributed by atoms with Crippen molar-refractivity contribution < 1.29 is 23.5 Å². The van der Waals surface area contributed by atoms with Crippen LogP contribution in [0, 0.1) is 5.82 Å². The van der Waals surface area contributed by atoms with Crippen molar-refractivity contribution in [1.82, 2.24) is 4.90 Å². The molecule has 2 aliphatic heterocycles. The molecule has 0 N–H and O–H groups in total. The fourth-order valence-electron chi connectivity index (χ4n) is 3.37. The van der Waals surface area contributed by atoms with E-state index in [4.69, 9.17) is 21.1 Å². The summed E-state index contributed by atoms with van der Waals surface area (Å²) < 4.78 is 24.7. The number of halogens is 2. The van der Waals surface area contributed by atoms with Crippen molar-refractivity contribution in [3.63, 3.8) is 0 Å². The molecular weight excluding hydrogens is 363 g/mol. The smallest absolute Gasteiger partial charge is 0.224 e. The van der Waals surface area contributed by atoms with Gasteiger partial charge in [0.2, 0.25) is 11.8 Å². The molecule has 3 rings (SSSR count). The summed E-state index contributed by atoms with van der Waals surface area (Å²) in [4.78, 5) is 27.6. The summed E-state index contributed by atoms with van der Waals surface area (Å²) in [5.41, 5.74) is 0.474. The summed E-state index contributed by atoms with van der Waals surface area (Å²) in [6.07, 6.45) is 1.49. The number of hydrogen-bond acceptors (Lipinski definition) is 4. The number of piperidine rings is 1. The van der Waals surface area contributed by atoms with E-state index in [0.29, 0.717) is 44.8 Å². The van der Waals surface area contributed by atoms with E-state index in [1.54, 1.807) is 4.90 Å². The molecule has 0 radical (unpaired) electrons. The Hall–Kier alpha value is -1.70. The van der Waals surface area contributed by atoms with Crippen LogP contribution in [0.5, 0.6) is 0 Å². The van der Waals surface area contributed by atoms with Gasteiger partial charge in [-0.15, -0.1) is 0 Å². The summed E-state index contributed by atoms with van der Waals surface area (Å²) >= 11 is 5.79. The van der Waals surface area contributed by atoms with Gasteiger partial charge in [-0.2, -0.15) is 0 Å².